The number of rotatable bonds is 8. The molecule has 1 heterocycles. The van der Waals surface area contributed by atoms with Crippen LogP contribution < -0.4 is 5.73 Å². The van der Waals surface area contributed by atoms with Gasteiger partial charge >= 0.3 is 0 Å². The van der Waals surface area contributed by atoms with Crippen LogP contribution in [0.2, 0.25) is 0 Å². The van der Waals surface area contributed by atoms with Crippen molar-refractivity contribution in [3.63, 3.8) is 0 Å². The molecule has 1 aliphatic heterocycles. The molecule has 1 aliphatic rings. The van der Waals surface area contributed by atoms with Crippen LogP contribution in [0.1, 0.15) is 52.9 Å². The van der Waals surface area contributed by atoms with Crippen molar-refractivity contribution in [2.45, 2.75) is 63.7 Å². The van der Waals surface area contributed by atoms with E-state index in [1.165, 1.54) is 50.9 Å². The summed E-state index contributed by atoms with van der Waals surface area (Å²) >= 11 is 2.10. The third-order valence-corrected chi connectivity index (χ3v) is 5.58. The van der Waals surface area contributed by atoms with Gasteiger partial charge in [0.1, 0.15) is 0 Å². The number of unbranched alkanes of at least 4 members (excludes halogenated alkanes) is 2. The highest BCUT2D eigenvalue weighted by Crippen LogP contribution is 2.39. The van der Waals surface area contributed by atoms with Crippen molar-refractivity contribution in [3.8, 4) is 0 Å². The van der Waals surface area contributed by atoms with E-state index in [1.807, 2.05) is 0 Å². The standard InChI is InChI=1S/C14H30N2S/c1-4-6-9-16(10-7-5-2)14(12-15)8-11-17-13(14)3/h13H,4-12,15H2,1-3H3. The minimum absolute atomic E-state index is 0.287. The average Bonchev–Trinajstić information content (AvgIpc) is 2.72. The van der Waals surface area contributed by atoms with Crippen molar-refractivity contribution < 1.29 is 0 Å². The molecule has 1 fully saturated rings. The molecular formula is C14H30N2S. The van der Waals surface area contributed by atoms with Crippen LogP contribution in [-0.2, 0) is 0 Å². The Morgan fingerprint density at radius 1 is 1.24 bits per heavy atom. The van der Waals surface area contributed by atoms with Crippen LogP contribution in [-0.4, -0.2) is 41.1 Å². The molecule has 0 aromatic rings. The lowest BCUT2D eigenvalue weighted by Gasteiger charge is -2.43. The van der Waals surface area contributed by atoms with E-state index >= 15 is 0 Å². The summed E-state index contributed by atoms with van der Waals surface area (Å²) < 4.78 is 0. The molecule has 0 amide bonds. The molecule has 1 saturated heterocycles. The second kappa shape index (κ2) is 7.65. The van der Waals surface area contributed by atoms with Crippen LogP contribution >= 0.6 is 11.8 Å². The summed E-state index contributed by atoms with van der Waals surface area (Å²) in [5.74, 6) is 1.28. The van der Waals surface area contributed by atoms with Gasteiger partial charge in [-0.1, -0.05) is 33.6 Å². The molecule has 2 nitrogen and oxygen atoms in total. The lowest BCUT2D eigenvalue weighted by atomic mass is 9.89. The highest BCUT2D eigenvalue weighted by atomic mass is 32.2. The minimum atomic E-state index is 0.287. The zero-order valence-electron chi connectivity index (χ0n) is 11.9. The summed E-state index contributed by atoms with van der Waals surface area (Å²) in [7, 11) is 0. The molecule has 17 heavy (non-hydrogen) atoms. The van der Waals surface area contributed by atoms with Crippen LogP contribution in [0.5, 0.6) is 0 Å². The highest BCUT2D eigenvalue weighted by Gasteiger charge is 2.43. The van der Waals surface area contributed by atoms with E-state index < -0.39 is 0 Å². The Kier molecular flexibility index (Phi) is 6.90. The third kappa shape index (κ3) is 3.62. The van der Waals surface area contributed by atoms with Crippen LogP contribution in [0.25, 0.3) is 0 Å². The van der Waals surface area contributed by atoms with Gasteiger partial charge < -0.3 is 5.73 Å². The van der Waals surface area contributed by atoms with Gasteiger partial charge in [0, 0.05) is 17.3 Å². The first-order valence-electron chi connectivity index (χ1n) is 7.28. The molecule has 2 unspecified atom stereocenters. The van der Waals surface area contributed by atoms with Crippen LogP contribution in [0.15, 0.2) is 0 Å². The largest absolute Gasteiger partial charge is 0.329 e. The van der Waals surface area contributed by atoms with Crippen LogP contribution in [0.3, 0.4) is 0 Å². The molecule has 0 saturated carbocycles. The molecule has 2 N–H and O–H groups in total. The first kappa shape index (κ1) is 15.3. The Bertz CT molecular complexity index is 202. The number of nitrogens with two attached hydrogens (primary N) is 1. The maximum atomic E-state index is 6.15. The SMILES string of the molecule is CCCCN(CCCC)C1(CN)CCSC1C. The van der Waals surface area contributed by atoms with Gasteiger partial charge in [0.2, 0.25) is 0 Å². The van der Waals surface area contributed by atoms with Crippen LogP contribution in [0, 0.1) is 0 Å². The summed E-state index contributed by atoms with van der Waals surface area (Å²) in [6, 6.07) is 0. The van der Waals surface area contributed by atoms with Gasteiger partial charge in [-0.15, -0.1) is 0 Å². The Morgan fingerprint density at radius 2 is 1.82 bits per heavy atom. The topological polar surface area (TPSA) is 29.3 Å². The van der Waals surface area contributed by atoms with Gasteiger partial charge in [-0.05, 0) is 38.1 Å². The fourth-order valence-electron chi connectivity index (χ4n) is 2.84. The first-order chi connectivity index (χ1) is 8.21. The molecule has 0 aliphatic carbocycles. The van der Waals surface area contributed by atoms with Crippen molar-refractivity contribution in [2.24, 2.45) is 5.73 Å². The van der Waals surface area contributed by atoms with E-state index in [2.05, 4.69) is 37.4 Å². The molecular weight excluding hydrogens is 228 g/mol. The second-order valence-electron chi connectivity index (χ2n) is 5.26. The zero-order valence-corrected chi connectivity index (χ0v) is 12.7. The molecule has 3 heteroatoms. The molecule has 1 rings (SSSR count). The summed E-state index contributed by atoms with van der Waals surface area (Å²) in [5, 5.41) is 0.696. The molecule has 0 aromatic carbocycles. The van der Waals surface area contributed by atoms with Crippen molar-refractivity contribution in [3.05, 3.63) is 0 Å². The number of hydrogen-bond donors (Lipinski definition) is 1. The first-order valence-corrected chi connectivity index (χ1v) is 8.32. The number of hydrogen-bond acceptors (Lipinski definition) is 3. The van der Waals surface area contributed by atoms with E-state index in [-0.39, 0.29) is 5.54 Å². The molecule has 2 atom stereocenters. The predicted octanol–water partition coefficient (Wildman–Crippen LogP) is 3.11. The summed E-state index contributed by atoms with van der Waals surface area (Å²) in [5.41, 5.74) is 6.44. The molecule has 0 bridgehead atoms. The molecule has 102 valence electrons. The third-order valence-electron chi connectivity index (χ3n) is 4.21. The molecule has 0 spiro atoms. The monoisotopic (exact) mass is 258 g/mol. The molecule has 0 aromatic heterocycles. The zero-order chi connectivity index (χ0) is 12.7. The smallest absolute Gasteiger partial charge is 0.0455 e. The Morgan fingerprint density at radius 3 is 2.18 bits per heavy atom. The van der Waals surface area contributed by atoms with Crippen molar-refractivity contribution in [1.29, 1.82) is 0 Å². The normalized spacial score (nSPS) is 29.1. The van der Waals surface area contributed by atoms with E-state index in [0.29, 0.717) is 5.25 Å². The van der Waals surface area contributed by atoms with Crippen molar-refractivity contribution in [2.75, 3.05) is 25.4 Å². The molecule has 0 radical (unpaired) electrons. The van der Waals surface area contributed by atoms with Gasteiger partial charge in [0.15, 0.2) is 0 Å². The lowest BCUT2D eigenvalue weighted by Crippen LogP contribution is -2.58. The van der Waals surface area contributed by atoms with E-state index in [9.17, 15) is 0 Å². The minimum Gasteiger partial charge on any atom is -0.329 e. The Hall–Kier alpha value is 0.270. The Balaban J connectivity index is 2.69. The van der Waals surface area contributed by atoms with Crippen molar-refractivity contribution >= 4 is 11.8 Å². The van der Waals surface area contributed by atoms with Crippen LogP contribution in [0.4, 0.5) is 0 Å². The summed E-state index contributed by atoms with van der Waals surface area (Å²) in [6.07, 6.45) is 6.46. The van der Waals surface area contributed by atoms with E-state index in [1.54, 1.807) is 0 Å². The fraction of sp³-hybridized carbons (Fsp3) is 1.00. The predicted molar refractivity (Wildman–Crippen MR) is 79.7 cm³/mol. The number of nitrogens with zero attached hydrogens (tertiary/aromatic N) is 1. The second-order valence-corrected chi connectivity index (χ2v) is 6.71. The van der Waals surface area contributed by atoms with Gasteiger partial charge in [0.05, 0.1) is 0 Å². The van der Waals surface area contributed by atoms with Gasteiger partial charge in [-0.25, -0.2) is 0 Å². The quantitative estimate of drug-likeness (QED) is 0.725. The van der Waals surface area contributed by atoms with Gasteiger partial charge in [0.25, 0.3) is 0 Å². The van der Waals surface area contributed by atoms with Gasteiger partial charge in [-0.2, -0.15) is 11.8 Å². The average molecular weight is 258 g/mol. The van der Waals surface area contributed by atoms with E-state index in [4.69, 9.17) is 5.73 Å². The van der Waals surface area contributed by atoms with Gasteiger partial charge in [-0.3, -0.25) is 4.90 Å². The van der Waals surface area contributed by atoms with E-state index in [0.717, 1.165) is 6.54 Å². The van der Waals surface area contributed by atoms with Crippen molar-refractivity contribution in [1.82, 2.24) is 4.90 Å². The maximum Gasteiger partial charge on any atom is 0.0455 e. The lowest BCUT2D eigenvalue weighted by molar-refractivity contribution is 0.0934. The highest BCUT2D eigenvalue weighted by molar-refractivity contribution is 8.00. The number of thioether (sulfide) groups is 1. The summed E-state index contributed by atoms with van der Waals surface area (Å²) in [4.78, 5) is 2.71. The Labute approximate surface area is 112 Å². The maximum absolute atomic E-state index is 6.15. The summed E-state index contributed by atoms with van der Waals surface area (Å²) in [6.45, 7) is 10.2. The fourth-order valence-corrected chi connectivity index (χ4v) is 4.34.